The molecule has 2 aromatic heterocycles. The summed E-state index contributed by atoms with van der Waals surface area (Å²) in [6.07, 6.45) is 3.34. The van der Waals surface area contributed by atoms with Gasteiger partial charge in [-0.1, -0.05) is 18.2 Å². The summed E-state index contributed by atoms with van der Waals surface area (Å²) >= 11 is 0. The summed E-state index contributed by atoms with van der Waals surface area (Å²) in [5, 5.41) is 4.40. The van der Waals surface area contributed by atoms with E-state index in [1.165, 1.54) is 6.07 Å². The van der Waals surface area contributed by atoms with Gasteiger partial charge in [-0.15, -0.1) is 0 Å². The first kappa shape index (κ1) is 12.3. The quantitative estimate of drug-likeness (QED) is 0.777. The second-order valence-corrected chi connectivity index (χ2v) is 4.45. The standard InChI is InChI=1S/C15H13FN4/c1-20-15(17)13(11-4-2-3-5-12(11)16)14(19-20)10-6-8-18-9-7-10/h2-9H,17H2,1H3. The Morgan fingerprint density at radius 1 is 1.10 bits per heavy atom. The van der Waals surface area contributed by atoms with Crippen LogP contribution in [0.25, 0.3) is 22.4 Å². The van der Waals surface area contributed by atoms with Crippen molar-refractivity contribution >= 4 is 5.82 Å². The minimum atomic E-state index is -0.317. The first-order valence-electron chi connectivity index (χ1n) is 6.16. The molecule has 0 aliphatic rings. The molecule has 3 aromatic rings. The molecule has 0 fully saturated rings. The van der Waals surface area contributed by atoms with E-state index in [1.54, 1.807) is 42.3 Å². The maximum Gasteiger partial charge on any atom is 0.131 e. The van der Waals surface area contributed by atoms with E-state index in [9.17, 15) is 4.39 Å². The highest BCUT2D eigenvalue weighted by Gasteiger charge is 2.19. The third-order valence-corrected chi connectivity index (χ3v) is 3.19. The van der Waals surface area contributed by atoms with Crippen LogP contribution in [0.4, 0.5) is 10.2 Å². The predicted octanol–water partition coefficient (Wildman–Crippen LogP) is 2.87. The van der Waals surface area contributed by atoms with Gasteiger partial charge < -0.3 is 5.73 Å². The van der Waals surface area contributed by atoms with Crippen LogP contribution in [0.3, 0.4) is 0 Å². The number of nitrogens with zero attached hydrogens (tertiary/aromatic N) is 3. The van der Waals surface area contributed by atoms with Gasteiger partial charge in [-0.3, -0.25) is 9.67 Å². The summed E-state index contributed by atoms with van der Waals surface area (Å²) in [5.74, 6) is 0.115. The predicted molar refractivity (Wildman–Crippen MR) is 76.2 cm³/mol. The van der Waals surface area contributed by atoms with Gasteiger partial charge in [-0.05, 0) is 18.2 Å². The van der Waals surface area contributed by atoms with Crippen molar-refractivity contribution in [2.45, 2.75) is 0 Å². The Kier molecular flexibility index (Phi) is 2.95. The van der Waals surface area contributed by atoms with Crippen LogP contribution in [-0.2, 0) is 7.05 Å². The number of aryl methyl sites for hydroxylation is 1. The van der Waals surface area contributed by atoms with Crippen LogP contribution in [0.5, 0.6) is 0 Å². The van der Waals surface area contributed by atoms with Crippen LogP contribution >= 0.6 is 0 Å². The molecule has 0 spiro atoms. The Balaban J connectivity index is 2.29. The zero-order valence-corrected chi connectivity index (χ0v) is 10.9. The molecule has 0 unspecified atom stereocenters. The van der Waals surface area contributed by atoms with Gasteiger partial charge in [0.15, 0.2) is 0 Å². The topological polar surface area (TPSA) is 56.7 Å². The Morgan fingerprint density at radius 3 is 2.50 bits per heavy atom. The average molecular weight is 268 g/mol. The molecule has 3 rings (SSSR count). The van der Waals surface area contributed by atoms with Gasteiger partial charge in [0, 0.05) is 30.6 Å². The minimum Gasteiger partial charge on any atom is -0.383 e. The van der Waals surface area contributed by atoms with E-state index in [0.29, 0.717) is 22.6 Å². The lowest BCUT2D eigenvalue weighted by Crippen LogP contribution is -1.98. The van der Waals surface area contributed by atoms with Crippen LogP contribution < -0.4 is 5.73 Å². The molecule has 0 saturated heterocycles. The molecule has 4 nitrogen and oxygen atoms in total. The Bertz CT molecular complexity index is 750. The van der Waals surface area contributed by atoms with Crippen molar-refractivity contribution in [2.75, 3.05) is 5.73 Å². The van der Waals surface area contributed by atoms with E-state index in [2.05, 4.69) is 10.1 Å². The average Bonchev–Trinajstić information content (AvgIpc) is 2.77. The van der Waals surface area contributed by atoms with E-state index < -0.39 is 0 Å². The van der Waals surface area contributed by atoms with E-state index >= 15 is 0 Å². The molecular weight excluding hydrogens is 255 g/mol. The number of anilines is 1. The van der Waals surface area contributed by atoms with Crippen molar-refractivity contribution in [3.63, 3.8) is 0 Å². The number of hydrogen-bond acceptors (Lipinski definition) is 3. The van der Waals surface area contributed by atoms with Crippen molar-refractivity contribution in [3.05, 3.63) is 54.6 Å². The Hall–Kier alpha value is -2.69. The second kappa shape index (κ2) is 4.77. The number of halogens is 1. The number of nitrogens with two attached hydrogens (primary N) is 1. The fraction of sp³-hybridized carbons (Fsp3) is 0.0667. The summed E-state index contributed by atoms with van der Waals surface area (Å²) < 4.78 is 15.6. The molecule has 2 heterocycles. The molecule has 0 aliphatic carbocycles. The number of hydrogen-bond donors (Lipinski definition) is 1. The number of nitrogen functional groups attached to an aromatic ring is 1. The lowest BCUT2D eigenvalue weighted by atomic mass is 10.0. The minimum absolute atomic E-state index is 0.317. The van der Waals surface area contributed by atoms with Crippen molar-refractivity contribution < 1.29 is 4.39 Å². The summed E-state index contributed by atoms with van der Waals surface area (Å²) in [6, 6.07) is 10.2. The molecule has 0 aliphatic heterocycles. The molecule has 20 heavy (non-hydrogen) atoms. The van der Waals surface area contributed by atoms with E-state index in [0.717, 1.165) is 5.56 Å². The summed E-state index contributed by atoms with van der Waals surface area (Å²) in [7, 11) is 1.74. The third-order valence-electron chi connectivity index (χ3n) is 3.19. The first-order chi connectivity index (χ1) is 9.68. The van der Waals surface area contributed by atoms with Gasteiger partial charge in [0.2, 0.25) is 0 Å². The Morgan fingerprint density at radius 2 is 1.80 bits per heavy atom. The van der Waals surface area contributed by atoms with Crippen LogP contribution in [0.2, 0.25) is 0 Å². The van der Waals surface area contributed by atoms with Gasteiger partial charge in [0.1, 0.15) is 17.3 Å². The largest absolute Gasteiger partial charge is 0.383 e. The monoisotopic (exact) mass is 268 g/mol. The van der Waals surface area contributed by atoms with Gasteiger partial charge >= 0.3 is 0 Å². The fourth-order valence-corrected chi connectivity index (χ4v) is 2.18. The summed E-state index contributed by atoms with van der Waals surface area (Å²) in [6.45, 7) is 0. The van der Waals surface area contributed by atoms with Crippen LogP contribution in [-0.4, -0.2) is 14.8 Å². The molecule has 1 aromatic carbocycles. The smallest absolute Gasteiger partial charge is 0.131 e. The van der Waals surface area contributed by atoms with Crippen molar-refractivity contribution in [1.82, 2.24) is 14.8 Å². The second-order valence-electron chi connectivity index (χ2n) is 4.45. The van der Waals surface area contributed by atoms with Gasteiger partial charge in [0.05, 0.1) is 5.56 Å². The fourth-order valence-electron chi connectivity index (χ4n) is 2.18. The molecular formula is C15H13FN4. The van der Waals surface area contributed by atoms with Crippen LogP contribution in [0.15, 0.2) is 48.8 Å². The molecule has 0 atom stereocenters. The van der Waals surface area contributed by atoms with Gasteiger partial charge in [0.25, 0.3) is 0 Å². The summed E-state index contributed by atoms with van der Waals surface area (Å²) in [4.78, 5) is 3.98. The SMILES string of the molecule is Cn1nc(-c2ccncc2)c(-c2ccccc2F)c1N. The lowest BCUT2D eigenvalue weighted by molar-refractivity contribution is 0.631. The molecule has 0 saturated carbocycles. The van der Waals surface area contributed by atoms with Crippen LogP contribution in [0.1, 0.15) is 0 Å². The van der Waals surface area contributed by atoms with Crippen LogP contribution in [0, 0.1) is 5.82 Å². The number of benzene rings is 1. The highest BCUT2D eigenvalue weighted by molar-refractivity contribution is 5.88. The van der Waals surface area contributed by atoms with Crippen molar-refractivity contribution in [1.29, 1.82) is 0 Å². The molecule has 5 heteroatoms. The highest BCUT2D eigenvalue weighted by atomic mass is 19.1. The Labute approximate surface area is 115 Å². The zero-order chi connectivity index (χ0) is 14.1. The maximum atomic E-state index is 14.1. The number of pyridine rings is 1. The van der Waals surface area contributed by atoms with Crippen molar-refractivity contribution in [2.24, 2.45) is 7.05 Å². The third kappa shape index (κ3) is 1.93. The maximum absolute atomic E-state index is 14.1. The summed E-state index contributed by atoms with van der Waals surface area (Å²) in [5.41, 5.74) is 8.62. The number of rotatable bonds is 2. The highest BCUT2D eigenvalue weighted by Crippen LogP contribution is 2.36. The normalized spacial score (nSPS) is 10.7. The molecule has 0 amide bonds. The van der Waals surface area contributed by atoms with E-state index in [4.69, 9.17) is 5.73 Å². The van der Waals surface area contributed by atoms with Gasteiger partial charge in [-0.2, -0.15) is 5.10 Å². The number of aromatic nitrogens is 3. The van der Waals surface area contributed by atoms with E-state index in [-0.39, 0.29) is 5.82 Å². The molecule has 100 valence electrons. The first-order valence-corrected chi connectivity index (χ1v) is 6.16. The lowest BCUT2D eigenvalue weighted by Gasteiger charge is -2.05. The van der Waals surface area contributed by atoms with Gasteiger partial charge in [-0.25, -0.2) is 4.39 Å². The molecule has 0 bridgehead atoms. The zero-order valence-electron chi connectivity index (χ0n) is 10.9. The van der Waals surface area contributed by atoms with Crippen molar-refractivity contribution in [3.8, 4) is 22.4 Å². The molecule has 2 N–H and O–H groups in total. The van der Waals surface area contributed by atoms with E-state index in [1.807, 2.05) is 12.1 Å². The molecule has 0 radical (unpaired) electrons.